The molecule has 1 unspecified atom stereocenters. The molecule has 31 heavy (non-hydrogen) atoms. The highest BCUT2D eigenvalue weighted by atomic mass is 35.5. The summed E-state index contributed by atoms with van der Waals surface area (Å²) in [6, 6.07) is 0.122. The quantitative estimate of drug-likeness (QED) is 0.516. The topological polar surface area (TPSA) is 88.3 Å². The first-order valence-electron chi connectivity index (χ1n) is 8.63. The van der Waals surface area contributed by atoms with Crippen molar-refractivity contribution in [1.82, 2.24) is 15.2 Å². The summed E-state index contributed by atoms with van der Waals surface area (Å²) in [5.41, 5.74) is 3.45. The van der Waals surface area contributed by atoms with Crippen molar-refractivity contribution in [3.05, 3.63) is 62.9 Å². The first kappa shape index (κ1) is 23.0. The van der Waals surface area contributed by atoms with Crippen LogP contribution in [0, 0.1) is 11.6 Å². The summed E-state index contributed by atoms with van der Waals surface area (Å²) in [5.74, 6) is -4.56. The third-order valence-corrected chi connectivity index (χ3v) is 5.38. The minimum atomic E-state index is -4.86. The second-order valence-corrected chi connectivity index (χ2v) is 7.39. The number of piperazine rings is 1. The van der Waals surface area contributed by atoms with Crippen LogP contribution >= 0.6 is 23.2 Å². The van der Waals surface area contributed by atoms with E-state index in [1.165, 1.54) is 0 Å². The summed E-state index contributed by atoms with van der Waals surface area (Å²) in [6.45, 7) is -0.00967. The number of aromatic nitrogens is 1. The Morgan fingerprint density at radius 3 is 2.55 bits per heavy atom. The van der Waals surface area contributed by atoms with Crippen LogP contribution in [0.25, 0.3) is 0 Å². The van der Waals surface area contributed by atoms with Crippen molar-refractivity contribution >= 4 is 35.1 Å². The maximum atomic E-state index is 14.9. The molecule has 3 amide bonds. The van der Waals surface area contributed by atoms with Gasteiger partial charge < -0.3 is 16.0 Å². The van der Waals surface area contributed by atoms with Gasteiger partial charge in [-0.25, -0.2) is 13.6 Å². The summed E-state index contributed by atoms with van der Waals surface area (Å²) in [5, 5.41) is 0.774. The Balaban J connectivity index is 2.25. The number of benzene rings is 1. The average molecular weight is 483 g/mol. The number of primary amides is 1. The van der Waals surface area contributed by atoms with Gasteiger partial charge in [-0.1, -0.05) is 29.3 Å². The average Bonchev–Trinajstić information content (AvgIpc) is 2.68. The van der Waals surface area contributed by atoms with E-state index in [0.717, 1.165) is 29.3 Å². The highest BCUT2D eigenvalue weighted by Gasteiger charge is 2.43. The number of alkyl halides is 3. The molecule has 0 spiro atoms. The molecule has 3 N–H and O–H groups in total. The van der Waals surface area contributed by atoms with Crippen molar-refractivity contribution in [2.45, 2.75) is 18.1 Å². The van der Waals surface area contributed by atoms with Crippen LogP contribution in [0.4, 0.5) is 26.7 Å². The monoisotopic (exact) mass is 482 g/mol. The minimum Gasteiger partial charge on any atom is -0.352 e. The zero-order valence-electron chi connectivity index (χ0n) is 15.3. The first-order chi connectivity index (χ1) is 14.4. The lowest BCUT2D eigenvalue weighted by molar-refractivity contribution is -0.141. The van der Waals surface area contributed by atoms with Gasteiger partial charge in [0.1, 0.15) is 22.7 Å². The molecule has 2 heterocycles. The van der Waals surface area contributed by atoms with Crippen LogP contribution < -0.4 is 11.1 Å². The molecule has 166 valence electrons. The highest BCUT2D eigenvalue weighted by Crippen LogP contribution is 2.39. The minimum absolute atomic E-state index is 0.0453. The number of urea groups is 1. The van der Waals surface area contributed by atoms with Gasteiger partial charge in [-0.3, -0.25) is 9.78 Å². The summed E-state index contributed by atoms with van der Waals surface area (Å²) in [7, 11) is 0. The van der Waals surface area contributed by atoms with Gasteiger partial charge in [0, 0.05) is 25.2 Å². The fourth-order valence-corrected chi connectivity index (χ4v) is 3.86. The van der Waals surface area contributed by atoms with Crippen molar-refractivity contribution in [3.63, 3.8) is 0 Å². The van der Waals surface area contributed by atoms with Crippen molar-refractivity contribution in [3.8, 4) is 0 Å². The van der Waals surface area contributed by atoms with Crippen LogP contribution in [0.15, 0.2) is 24.4 Å². The number of pyridine rings is 1. The van der Waals surface area contributed by atoms with Crippen LogP contribution in [0.5, 0.6) is 0 Å². The number of carbonyl (C=O) groups excluding carboxylic acids is 2. The Bertz CT molecular complexity index is 1050. The maximum absolute atomic E-state index is 14.9. The molecule has 1 fully saturated rings. The van der Waals surface area contributed by atoms with E-state index in [1.807, 2.05) is 0 Å². The predicted octanol–water partition coefficient (Wildman–Crippen LogP) is 3.70. The van der Waals surface area contributed by atoms with Crippen LogP contribution in [0.2, 0.25) is 10.0 Å². The summed E-state index contributed by atoms with van der Waals surface area (Å²) in [4.78, 5) is 28.8. The number of carbonyl (C=O) groups is 2. The number of hydrogen-bond acceptors (Lipinski definition) is 3. The van der Waals surface area contributed by atoms with Crippen LogP contribution in [0.3, 0.4) is 0 Å². The van der Waals surface area contributed by atoms with Crippen molar-refractivity contribution in [2.75, 3.05) is 13.1 Å². The van der Waals surface area contributed by atoms with Gasteiger partial charge in [-0.05, 0) is 23.3 Å². The molecule has 2 aromatic rings. The maximum Gasteiger partial charge on any atom is 0.434 e. The molecule has 1 aliphatic heterocycles. The molecule has 13 heteroatoms. The molecule has 1 aromatic carbocycles. The molecule has 2 atom stereocenters. The zero-order chi connectivity index (χ0) is 23.1. The molecule has 1 aliphatic rings. The fraction of sp³-hybridized carbons (Fsp3) is 0.278. The van der Waals surface area contributed by atoms with E-state index in [4.69, 9.17) is 28.9 Å². The van der Waals surface area contributed by atoms with E-state index in [1.54, 1.807) is 0 Å². The Labute approximate surface area is 182 Å². The second kappa shape index (κ2) is 8.46. The number of nitrogens with zero attached hydrogens (tertiary/aromatic N) is 2. The largest absolute Gasteiger partial charge is 0.434 e. The Kier molecular flexibility index (Phi) is 6.28. The molecular weight excluding hydrogens is 470 g/mol. The SMILES string of the molecule is NC(=O)N1CCNC(=O)C1[C@H](c1cnc(C(F)(F)F)c(Cl)c1)c1ccc(F)c(Cl)c1F. The van der Waals surface area contributed by atoms with Crippen LogP contribution in [0.1, 0.15) is 22.7 Å². The van der Waals surface area contributed by atoms with Crippen molar-refractivity contribution in [1.29, 1.82) is 0 Å². The van der Waals surface area contributed by atoms with E-state index in [-0.39, 0.29) is 24.2 Å². The zero-order valence-corrected chi connectivity index (χ0v) is 16.8. The first-order valence-corrected chi connectivity index (χ1v) is 9.39. The second-order valence-electron chi connectivity index (χ2n) is 6.61. The number of nitrogens with one attached hydrogen (secondary N) is 1. The van der Waals surface area contributed by atoms with Gasteiger partial charge in [0.2, 0.25) is 5.91 Å². The van der Waals surface area contributed by atoms with Gasteiger partial charge in [-0.15, -0.1) is 0 Å². The third-order valence-electron chi connectivity index (χ3n) is 4.75. The number of amides is 3. The Morgan fingerprint density at radius 1 is 1.29 bits per heavy atom. The van der Waals surface area contributed by atoms with Gasteiger partial charge in [0.05, 0.1) is 5.02 Å². The number of nitrogens with two attached hydrogens (primary N) is 1. The lowest BCUT2D eigenvalue weighted by Gasteiger charge is -2.39. The Hall–Kier alpha value is -2.66. The van der Waals surface area contributed by atoms with E-state index in [2.05, 4.69) is 10.3 Å². The third kappa shape index (κ3) is 4.38. The van der Waals surface area contributed by atoms with E-state index < -0.39 is 57.4 Å². The van der Waals surface area contributed by atoms with E-state index in [9.17, 15) is 31.5 Å². The number of hydrogen-bond donors (Lipinski definition) is 2. The molecule has 3 rings (SSSR count). The molecule has 0 aliphatic carbocycles. The number of rotatable bonds is 3. The van der Waals surface area contributed by atoms with Crippen molar-refractivity contribution < 1.29 is 31.5 Å². The van der Waals surface area contributed by atoms with Gasteiger partial charge in [-0.2, -0.15) is 13.2 Å². The number of halogens is 7. The molecule has 0 bridgehead atoms. The highest BCUT2D eigenvalue weighted by molar-refractivity contribution is 6.31. The van der Waals surface area contributed by atoms with Gasteiger partial charge >= 0.3 is 12.2 Å². The van der Waals surface area contributed by atoms with E-state index >= 15 is 0 Å². The smallest absolute Gasteiger partial charge is 0.352 e. The van der Waals surface area contributed by atoms with E-state index in [0.29, 0.717) is 0 Å². The van der Waals surface area contributed by atoms with Crippen LogP contribution in [-0.2, 0) is 11.0 Å². The molecule has 1 aromatic heterocycles. The lowest BCUT2D eigenvalue weighted by atomic mass is 9.83. The Morgan fingerprint density at radius 2 is 1.97 bits per heavy atom. The molecule has 0 saturated carbocycles. The predicted molar refractivity (Wildman–Crippen MR) is 101 cm³/mol. The van der Waals surface area contributed by atoms with Gasteiger partial charge in [0.15, 0.2) is 5.69 Å². The molecule has 6 nitrogen and oxygen atoms in total. The fourth-order valence-electron chi connectivity index (χ4n) is 3.41. The standard InChI is InChI=1S/C18H13Cl2F5N4O2/c19-9-5-7(6-28-15(9)18(23,24)25)11(8-1-2-10(21)12(20)13(8)22)14-16(30)27-3-4-29(14)17(26)31/h1-2,5-6,11,14H,3-4H2,(H2,26,31)(H,27,30)/t11-,14?/m1/s1. The summed E-state index contributed by atoms with van der Waals surface area (Å²) in [6.07, 6.45) is -4.12. The molecule has 1 saturated heterocycles. The molecule has 0 radical (unpaired) electrons. The molecular formula is C18H13Cl2F5N4O2. The summed E-state index contributed by atoms with van der Waals surface area (Å²) >= 11 is 11.4. The normalized spacial score (nSPS) is 18.0. The van der Waals surface area contributed by atoms with Gasteiger partial charge in [0.25, 0.3) is 0 Å². The van der Waals surface area contributed by atoms with Crippen molar-refractivity contribution in [2.24, 2.45) is 5.73 Å². The van der Waals surface area contributed by atoms with Crippen LogP contribution in [-0.4, -0.2) is 41.0 Å². The lowest BCUT2D eigenvalue weighted by Crippen LogP contribution is -2.60. The summed E-state index contributed by atoms with van der Waals surface area (Å²) < 4.78 is 67.8.